The molecule has 1 aromatic heterocycles. The highest BCUT2D eigenvalue weighted by molar-refractivity contribution is 5.70. The highest BCUT2D eigenvalue weighted by Gasteiger charge is 2.33. The summed E-state index contributed by atoms with van der Waals surface area (Å²) in [7, 11) is 0. The summed E-state index contributed by atoms with van der Waals surface area (Å²) in [5, 5.41) is 12.7. The van der Waals surface area contributed by atoms with Gasteiger partial charge in [-0.05, 0) is 12.1 Å². The highest BCUT2D eigenvalue weighted by Crippen LogP contribution is 2.36. The van der Waals surface area contributed by atoms with Gasteiger partial charge in [0.05, 0.1) is 6.20 Å². The zero-order chi connectivity index (χ0) is 16.5. The molecule has 4 nitrogen and oxygen atoms in total. The Labute approximate surface area is 119 Å². The number of hydrogen-bond donors (Lipinski definition) is 1. The van der Waals surface area contributed by atoms with Gasteiger partial charge in [0.1, 0.15) is 18.0 Å². The molecule has 0 aliphatic rings. The first kappa shape index (κ1) is 16.0. The van der Waals surface area contributed by atoms with Gasteiger partial charge in [0.2, 0.25) is 0 Å². The van der Waals surface area contributed by atoms with E-state index in [1.807, 2.05) is 0 Å². The van der Waals surface area contributed by atoms with Gasteiger partial charge < -0.3 is 9.84 Å². The van der Waals surface area contributed by atoms with Gasteiger partial charge in [0, 0.05) is 23.4 Å². The molecule has 1 heterocycles. The number of alkyl halides is 6. The first-order valence-corrected chi connectivity index (χ1v) is 5.72. The van der Waals surface area contributed by atoms with E-state index >= 15 is 0 Å². The lowest BCUT2D eigenvalue weighted by atomic mass is 10.1. The first-order valence-electron chi connectivity index (χ1n) is 5.72. The van der Waals surface area contributed by atoms with Crippen LogP contribution >= 0.6 is 0 Å². The van der Waals surface area contributed by atoms with Crippen LogP contribution in [0.3, 0.4) is 0 Å². The summed E-state index contributed by atoms with van der Waals surface area (Å²) in [4.78, 5) is 0. The minimum atomic E-state index is -5.01. The molecule has 0 atom stereocenters. The van der Waals surface area contributed by atoms with Crippen molar-refractivity contribution < 1.29 is 36.2 Å². The van der Waals surface area contributed by atoms with Gasteiger partial charge >= 0.3 is 12.5 Å². The van der Waals surface area contributed by atoms with E-state index in [9.17, 15) is 31.4 Å². The van der Waals surface area contributed by atoms with Crippen LogP contribution in [0.1, 0.15) is 0 Å². The number of phenolic OH excluding ortho intramolecular Hbond substituents is 1. The van der Waals surface area contributed by atoms with E-state index in [1.165, 1.54) is 0 Å². The van der Waals surface area contributed by atoms with E-state index in [0.717, 1.165) is 24.5 Å². The van der Waals surface area contributed by atoms with Gasteiger partial charge in [-0.15, -0.1) is 13.2 Å². The van der Waals surface area contributed by atoms with Crippen LogP contribution in [0.2, 0.25) is 0 Å². The molecule has 22 heavy (non-hydrogen) atoms. The summed E-state index contributed by atoms with van der Waals surface area (Å²) in [6.45, 7) is -1.37. The third-order valence-corrected chi connectivity index (χ3v) is 2.48. The molecule has 0 unspecified atom stereocenters. The minimum Gasteiger partial charge on any atom is -0.508 e. The molecular weight excluding hydrogens is 318 g/mol. The largest absolute Gasteiger partial charge is 0.573 e. The third kappa shape index (κ3) is 4.30. The summed E-state index contributed by atoms with van der Waals surface area (Å²) in [5.41, 5.74) is -0.160. The van der Waals surface area contributed by atoms with Gasteiger partial charge in [-0.1, -0.05) is 0 Å². The summed E-state index contributed by atoms with van der Waals surface area (Å²) in [6.07, 6.45) is -7.61. The minimum absolute atomic E-state index is 0.0106. The lowest BCUT2D eigenvalue weighted by Crippen LogP contribution is -2.18. The van der Waals surface area contributed by atoms with Crippen LogP contribution in [0.4, 0.5) is 26.3 Å². The van der Waals surface area contributed by atoms with E-state index in [1.54, 1.807) is 0 Å². The molecule has 0 aliphatic heterocycles. The normalized spacial score (nSPS) is 12.5. The standard InChI is InChI=1S/C12H8F6N2O2/c13-11(14,15)6-20-5-7(4-19-20)9-2-1-8(21)3-10(9)22-12(16,17)18/h1-5,21H,6H2. The SMILES string of the molecule is Oc1ccc(-c2cnn(CC(F)(F)F)c2)c(OC(F)(F)F)c1. The Hall–Kier alpha value is -2.39. The van der Waals surface area contributed by atoms with Gasteiger partial charge in [-0.25, -0.2) is 0 Å². The Morgan fingerprint density at radius 2 is 1.82 bits per heavy atom. The fraction of sp³-hybridized carbons (Fsp3) is 0.250. The third-order valence-electron chi connectivity index (χ3n) is 2.48. The first-order chi connectivity index (χ1) is 10.0. The number of nitrogens with zero attached hydrogens (tertiary/aromatic N) is 2. The molecule has 0 bridgehead atoms. The van der Waals surface area contributed by atoms with E-state index in [4.69, 9.17) is 0 Å². The number of halogens is 6. The predicted octanol–water partition coefficient (Wildman–Crippen LogP) is 3.72. The van der Waals surface area contributed by atoms with Crippen LogP contribution < -0.4 is 4.74 Å². The Kier molecular flexibility index (Phi) is 3.94. The fourth-order valence-electron chi connectivity index (χ4n) is 1.73. The molecule has 0 radical (unpaired) electrons. The molecule has 10 heteroatoms. The summed E-state index contributed by atoms with van der Waals surface area (Å²) in [6, 6.07) is 2.88. The summed E-state index contributed by atoms with van der Waals surface area (Å²) >= 11 is 0. The van der Waals surface area contributed by atoms with Crippen LogP contribution in [0.5, 0.6) is 11.5 Å². The molecule has 0 saturated carbocycles. The van der Waals surface area contributed by atoms with Gasteiger partial charge in [-0.3, -0.25) is 4.68 Å². The number of hydrogen-bond acceptors (Lipinski definition) is 3. The van der Waals surface area contributed by atoms with Crippen molar-refractivity contribution in [2.45, 2.75) is 19.1 Å². The van der Waals surface area contributed by atoms with Gasteiger partial charge in [0.25, 0.3) is 0 Å². The molecule has 120 valence electrons. The maximum absolute atomic E-state index is 12.3. The Bertz CT molecular complexity index is 662. The smallest absolute Gasteiger partial charge is 0.508 e. The second-order valence-corrected chi connectivity index (χ2v) is 4.27. The van der Waals surface area contributed by atoms with Crippen molar-refractivity contribution in [1.29, 1.82) is 0 Å². The number of aromatic hydroxyl groups is 1. The molecule has 0 saturated heterocycles. The molecule has 2 rings (SSSR count). The maximum Gasteiger partial charge on any atom is 0.573 e. The summed E-state index contributed by atoms with van der Waals surface area (Å²) < 4.78 is 78.0. The lowest BCUT2D eigenvalue weighted by Gasteiger charge is -2.12. The molecule has 0 amide bonds. The zero-order valence-electron chi connectivity index (χ0n) is 10.6. The molecular formula is C12H8F6N2O2. The molecule has 1 N–H and O–H groups in total. The van der Waals surface area contributed by atoms with Crippen molar-refractivity contribution in [1.82, 2.24) is 9.78 Å². The average molecular weight is 326 g/mol. The molecule has 2 aromatic rings. The molecule has 1 aromatic carbocycles. The predicted molar refractivity (Wildman–Crippen MR) is 62.1 cm³/mol. The number of benzene rings is 1. The van der Waals surface area contributed by atoms with Crippen LogP contribution in [0, 0.1) is 0 Å². The van der Waals surface area contributed by atoms with Crippen molar-refractivity contribution in [2.75, 3.05) is 0 Å². The van der Waals surface area contributed by atoms with E-state index in [-0.39, 0.29) is 11.1 Å². The highest BCUT2D eigenvalue weighted by atomic mass is 19.4. The molecule has 0 spiro atoms. The number of ether oxygens (including phenoxy) is 1. The van der Waals surface area contributed by atoms with Crippen LogP contribution in [0.25, 0.3) is 11.1 Å². The van der Waals surface area contributed by atoms with Crippen molar-refractivity contribution >= 4 is 0 Å². The fourth-order valence-corrected chi connectivity index (χ4v) is 1.73. The number of aromatic nitrogens is 2. The molecule has 0 fully saturated rings. The number of rotatable bonds is 3. The Morgan fingerprint density at radius 3 is 2.41 bits per heavy atom. The average Bonchev–Trinajstić information content (AvgIpc) is 2.72. The van der Waals surface area contributed by atoms with Crippen molar-refractivity contribution in [2.24, 2.45) is 0 Å². The zero-order valence-corrected chi connectivity index (χ0v) is 10.6. The topological polar surface area (TPSA) is 47.3 Å². The second kappa shape index (κ2) is 5.43. The Morgan fingerprint density at radius 1 is 1.14 bits per heavy atom. The van der Waals surface area contributed by atoms with Crippen LogP contribution in [-0.2, 0) is 6.54 Å². The van der Waals surface area contributed by atoms with Crippen LogP contribution in [0.15, 0.2) is 30.6 Å². The lowest BCUT2D eigenvalue weighted by molar-refractivity contribution is -0.274. The van der Waals surface area contributed by atoms with E-state index in [0.29, 0.717) is 10.7 Å². The van der Waals surface area contributed by atoms with Gasteiger partial charge in [0.15, 0.2) is 0 Å². The van der Waals surface area contributed by atoms with Crippen LogP contribution in [-0.4, -0.2) is 27.4 Å². The van der Waals surface area contributed by atoms with Crippen molar-refractivity contribution in [3.63, 3.8) is 0 Å². The molecule has 0 aliphatic carbocycles. The van der Waals surface area contributed by atoms with Gasteiger partial charge in [-0.2, -0.15) is 18.3 Å². The number of phenols is 1. The quantitative estimate of drug-likeness (QED) is 0.875. The second-order valence-electron chi connectivity index (χ2n) is 4.27. The van der Waals surface area contributed by atoms with Crippen molar-refractivity contribution in [3.8, 4) is 22.6 Å². The Balaban J connectivity index is 2.36. The van der Waals surface area contributed by atoms with E-state index < -0.39 is 30.6 Å². The monoisotopic (exact) mass is 326 g/mol. The maximum atomic E-state index is 12.3. The van der Waals surface area contributed by atoms with Crippen molar-refractivity contribution in [3.05, 3.63) is 30.6 Å². The summed E-state index contributed by atoms with van der Waals surface area (Å²) in [5.74, 6) is -1.22. The van der Waals surface area contributed by atoms with E-state index in [2.05, 4.69) is 9.84 Å².